The van der Waals surface area contributed by atoms with Gasteiger partial charge in [0, 0.05) is 38.7 Å². The molecule has 0 spiro atoms. The minimum Gasteiger partial charge on any atom is -0.492 e. The first-order valence-corrected chi connectivity index (χ1v) is 11.5. The van der Waals surface area contributed by atoms with Crippen LogP contribution in [-0.2, 0) is 14.8 Å². The second-order valence-electron chi connectivity index (χ2n) is 7.36. The molecule has 1 aliphatic rings. The molecule has 0 atom stereocenters. The third-order valence-electron chi connectivity index (χ3n) is 5.06. The second kappa shape index (κ2) is 9.93. The van der Waals surface area contributed by atoms with Gasteiger partial charge in [-0.3, -0.25) is 9.59 Å². The maximum absolute atomic E-state index is 13.0. The fourth-order valence-electron chi connectivity index (χ4n) is 3.33. The Balaban J connectivity index is 1.57. The van der Waals surface area contributed by atoms with Crippen molar-refractivity contribution in [1.82, 2.24) is 14.5 Å². The van der Waals surface area contributed by atoms with Gasteiger partial charge in [-0.25, -0.2) is 8.42 Å². The third-order valence-corrected chi connectivity index (χ3v) is 6.96. The number of carbonyl (C=O) groups excluding carboxylic acids is 2. The summed E-state index contributed by atoms with van der Waals surface area (Å²) < 4.78 is 32.9. The largest absolute Gasteiger partial charge is 0.492 e. The molecule has 2 amide bonds. The molecule has 3 rings (SSSR count). The summed E-state index contributed by atoms with van der Waals surface area (Å²) in [6, 6.07) is 13.6. The third kappa shape index (κ3) is 5.83. The summed E-state index contributed by atoms with van der Waals surface area (Å²) in [5.74, 6) is 0.292. The Hall–Kier alpha value is -2.91. The minimum absolute atomic E-state index is 0.0624. The van der Waals surface area contributed by atoms with Crippen molar-refractivity contribution in [1.29, 1.82) is 0 Å². The van der Waals surface area contributed by atoms with Gasteiger partial charge in [-0.1, -0.05) is 18.2 Å². The van der Waals surface area contributed by atoms with Crippen LogP contribution in [0.1, 0.15) is 22.8 Å². The van der Waals surface area contributed by atoms with Crippen LogP contribution in [-0.4, -0.2) is 68.8 Å². The predicted molar refractivity (Wildman–Crippen MR) is 116 cm³/mol. The summed E-state index contributed by atoms with van der Waals surface area (Å²) >= 11 is 0. The van der Waals surface area contributed by atoms with Crippen molar-refractivity contribution in [2.75, 3.05) is 39.3 Å². The number of rotatable bonds is 7. The van der Waals surface area contributed by atoms with Gasteiger partial charge in [-0.15, -0.1) is 0 Å². The second-order valence-corrected chi connectivity index (χ2v) is 9.30. The van der Waals surface area contributed by atoms with Crippen molar-refractivity contribution in [3.63, 3.8) is 0 Å². The first kappa shape index (κ1) is 22.8. The van der Waals surface area contributed by atoms with Gasteiger partial charge in [-0.05, 0) is 42.8 Å². The molecule has 0 unspecified atom stereocenters. The van der Waals surface area contributed by atoms with E-state index in [0.29, 0.717) is 19.7 Å². The maximum atomic E-state index is 13.0. The molecule has 1 fully saturated rings. The lowest BCUT2D eigenvalue weighted by molar-refractivity contribution is -0.129. The summed E-state index contributed by atoms with van der Waals surface area (Å²) in [6.07, 6.45) is 0. The number of piperazine rings is 1. The van der Waals surface area contributed by atoms with Crippen molar-refractivity contribution in [2.24, 2.45) is 0 Å². The van der Waals surface area contributed by atoms with E-state index in [-0.39, 0.29) is 41.9 Å². The Morgan fingerprint density at radius 2 is 1.74 bits per heavy atom. The molecule has 0 aromatic heterocycles. The normalized spacial score (nSPS) is 14.8. The van der Waals surface area contributed by atoms with Gasteiger partial charge in [0.15, 0.2) is 0 Å². The Kier molecular flexibility index (Phi) is 7.29. The van der Waals surface area contributed by atoms with E-state index in [4.69, 9.17) is 4.74 Å². The zero-order chi connectivity index (χ0) is 22.4. The van der Waals surface area contributed by atoms with Gasteiger partial charge in [0.1, 0.15) is 12.4 Å². The average molecular weight is 446 g/mol. The van der Waals surface area contributed by atoms with Crippen LogP contribution in [0.5, 0.6) is 5.75 Å². The average Bonchev–Trinajstić information content (AvgIpc) is 2.77. The monoisotopic (exact) mass is 445 g/mol. The molecule has 1 N–H and O–H groups in total. The lowest BCUT2D eigenvalue weighted by Crippen LogP contribution is -2.49. The van der Waals surface area contributed by atoms with Crippen LogP contribution in [0.4, 0.5) is 0 Å². The van der Waals surface area contributed by atoms with Crippen LogP contribution in [0, 0.1) is 6.92 Å². The van der Waals surface area contributed by atoms with Gasteiger partial charge in [0.05, 0.1) is 11.4 Å². The van der Waals surface area contributed by atoms with Gasteiger partial charge < -0.3 is 15.0 Å². The molecule has 2 aromatic rings. The first-order chi connectivity index (χ1) is 14.8. The standard InChI is InChI=1S/C22H27N3O5S/c1-17-5-3-7-20(15-17)30-14-9-23-22(27)19-6-4-8-21(16-19)31(28,29)25-12-10-24(11-13-25)18(2)26/h3-8,15-16H,9-14H2,1-2H3,(H,23,27). The molecule has 8 nitrogen and oxygen atoms in total. The number of ether oxygens (including phenoxy) is 1. The summed E-state index contributed by atoms with van der Waals surface area (Å²) in [7, 11) is -3.74. The topological polar surface area (TPSA) is 96.0 Å². The molecular formula is C22H27N3O5S. The summed E-state index contributed by atoms with van der Waals surface area (Å²) in [5.41, 5.74) is 1.35. The lowest BCUT2D eigenvalue weighted by Gasteiger charge is -2.33. The van der Waals surface area contributed by atoms with E-state index in [1.165, 1.54) is 23.4 Å². The number of carbonyl (C=O) groups is 2. The minimum atomic E-state index is -3.74. The Morgan fingerprint density at radius 1 is 1.03 bits per heavy atom. The SMILES string of the molecule is CC(=O)N1CCN(S(=O)(=O)c2cccc(C(=O)NCCOc3cccc(C)c3)c2)CC1. The Labute approximate surface area is 182 Å². The van der Waals surface area contributed by atoms with Crippen LogP contribution in [0.2, 0.25) is 0 Å². The summed E-state index contributed by atoms with van der Waals surface area (Å²) in [6.45, 7) is 5.20. The highest BCUT2D eigenvalue weighted by atomic mass is 32.2. The van der Waals surface area contributed by atoms with Crippen LogP contribution in [0.3, 0.4) is 0 Å². The highest BCUT2D eigenvalue weighted by Crippen LogP contribution is 2.19. The maximum Gasteiger partial charge on any atom is 0.251 e. The molecule has 0 bridgehead atoms. The van der Waals surface area contributed by atoms with Crippen molar-refractivity contribution in [2.45, 2.75) is 18.7 Å². The number of nitrogens with zero attached hydrogens (tertiary/aromatic N) is 2. The van der Waals surface area contributed by atoms with E-state index in [2.05, 4.69) is 5.32 Å². The quantitative estimate of drug-likeness (QED) is 0.654. The number of sulfonamides is 1. The van der Waals surface area contributed by atoms with Gasteiger partial charge >= 0.3 is 0 Å². The number of hydrogen-bond acceptors (Lipinski definition) is 5. The number of amides is 2. The lowest BCUT2D eigenvalue weighted by atomic mass is 10.2. The van der Waals surface area contributed by atoms with E-state index in [0.717, 1.165) is 11.3 Å². The van der Waals surface area contributed by atoms with E-state index >= 15 is 0 Å². The molecule has 0 saturated carbocycles. The number of hydrogen-bond donors (Lipinski definition) is 1. The van der Waals surface area contributed by atoms with Crippen LogP contribution in [0.15, 0.2) is 53.4 Å². The van der Waals surface area contributed by atoms with Crippen LogP contribution < -0.4 is 10.1 Å². The fourth-order valence-corrected chi connectivity index (χ4v) is 4.80. The molecule has 0 radical (unpaired) electrons. The van der Waals surface area contributed by atoms with Gasteiger partial charge in [0.2, 0.25) is 15.9 Å². The Morgan fingerprint density at radius 3 is 2.42 bits per heavy atom. The Bertz CT molecular complexity index is 1050. The van der Waals surface area contributed by atoms with E-state index in [1.807, 2.05) is 31.2 Å². The molecule has 1 saturated heterocycles. The molecule has 1 aliphatic heterocycles. The molecular weight excluding hydrogens is 418 g/mol. The van der Waals surface area contributed by atoms with Crippen LogP contribution in [0.25, 0.3) is 0 Å². The number of aryl methyl sites for hydroxylation is 1. The van der Waals surface area contributed by atoms with Crippen molar-refractivity contribution in [3.8, 4) is 5.75 Å². The fraction of sp³-hybridized carbons (Fsp3) is 0.364. The highest BCUT2D eigenvalue weighted by Gasteiger charge is 2.29. The molecule has 2 aromatic carbocycles. The molecule has 1 heterocycles. The summed E-state index contributed by atoms with van der Waals surface area (Å²) in [4.78, 5) is 25.6. The van der Waals surface area contributed by atoms with E-state index in [9.17, 15) is 18.0 Å². The molecule has 31 heavy (non-hydrogen) atoms. The van der Waals surface area contributed by atoms with Crippen molar-refractivity contribution >= 4 is 21.8 Å². The van der Waals surface area contributed by atoms with Crippen LogP contribution >= 0.6 is 0 Å². The van der Waals surface area contributed by atoms with E-state index in [1.54, 1.807) is 17.0 Å². The first-order valence-electron chi connectivity index (χ1n) is 10.1. The predicted octanol–water partition coefficient (Wildman–Crippen LogP) is 1.66. The molecule has 0 aliphatic carbocycles. The van der Waals surface area contributed by atoms with Gasteiger partial charge in [0.25, 0.3) is 5.91 Å². The number of nitrogens with one attached hydrogen (secondary N) is 1. The van der Waals surface area contributed by atoms with E-state index < -0.39 is 10.0 Å². The van der Waals surface area contributed by atoms with Gasteiger partial charge in [-0.2, -0.15) is 4.31 Å². The molecule has 9 heteroatoms. The smallest absolute Gasteiger partial charge is 0.251 e. The zero-order valence-electron chi connectivity index (χ0n) is 17.7. The number of benzene rings is 2. The van der Waals surface area contributed by atoms with Crippen molar-refractivity contribution in [3.05, 3.63) is 59.7 Å². The highest BCUT2D eigenvalue weighted by molar-refractivity contribution is 7.89. The molecule has 166 valence electrons. The summed E-state index contributed by atoms with van der Waals surface area (Å²) in [5, 5.41) is 2.74. The van der Waals surface area contributed by atoms with Crippen molar-refractivity contribution < 1.29 is 22.7 Å². The zero-order valence-corrected chi connectivity index (χ0v) is 18.5.